The Labute approximate surface area is 347 Å². The van der Waals surface area contributed by atoms with Crippen molar-refractivity contribution in [2.75, 3.05) is 55.6 Å². The van der Waals surface area contributed by atoms with Gasteiger partial charge in [0.2, 0.25) is 11.8 Å². The Morgan fingerprint density at radius 1 is 0.833 bits per heavy atom. The number of hydrogen-bond acceptors (Lipinski definition) is 12. The topological polar surface area (TPSA) is 181 Å². The molecule has 1 atom stereocenters. The van der Waals surface area contributed by atoms with Gasteiger partial charge in [-0.15, -0.1) is 0 Å². The molecule has 1 saturated carbocycles. The van der Waals surface area contributed by atoms with Crippen molar-refractivity contribution in [2.24, 2.45) is 5.92 Å². The molecule has 4 aliphatic heterocycles. The first-order valence-corrected chi connectivity index (χ1v) is 21.0. The maximum atomic E-state index is 13.3. The highest BCUT2D eigenvalue weighted by Crippen LogP contribution is 2.33. The summed E-state index contributed by atoms with van der Waals surface area (Å²) in [4.78, 5) is 80.8. The SMILES string of the molecule is N#Cc1ccc(O[C@H]2CC[C@H](NC(=O)c3ccc(N4CCC(CN5CCN(c6ccc7c(c6)C(=O)N(C6CCC(=O)NC6=O)C7=O)CC5)CC4)nc3)CC2)c2cccnc12. The second-order valence-electron chi connectivity index (χ2n) is 16.5. The lowest BCUT2D eigenvalue weighted by Crippen LogP contribution is -2.54. The molecule has 6 heterocycles. The lowest BCUT2D eigenvalue weighted by atomic mass is 9.92. The van der Waals surface area contributed by atoms with Gasteiger partial charge in [0.1, 0.15) is 23.7 Å². The second kappa shape index (κ2) is 16.7. The van der Waals surface area contributed by atoms with E-state index in [0.717, 1.165) is 112 Å². The monoisotopic (exact) mass is 809 g/mol. The zero-order valence-corrected chi connectivity index (χ0v) is 33.3. The molecule has 3 saturated heterocycles. The molecule has 0 bridgehead atoms. The number of hydrogen-bond donors (Lipinski definition) is 2. The van der Waals surface area contributed by atoms with Crippen LogP contribution < -0.4 is 25.2 Å². The predicted molar refractivity (Wildman–Crippen MR) is 222 cm³/mol. The minimum absolute atomic E-state index is 0.0268. The number of piperazine rings is 1. The van der Waals surface area contributed by atoms with Gasteiger partial charge in [-0.25, -0.2) is 4.98 Å². The molecule has 4 fully saturated rings. The Kier molecular flexibility index (Phi) is 10.9. The first-order valence-electron chi connectivity index (χ1n) is 21.0. The Bertz CT molecular complexity index is 2370. The molecule has 2 N–H and O–H groups in total. The van der Waals surface area contributed by atoms with Crippen LogP contribution in [-0.4, -0.2) is 113 Å². The number of benzene rings is 2. The van der Waals surface area contributed by atoms with E-state index in [2.05, 4.69) is 41.4 Å². The highest BCUT2D eigenvalue weighted by molar-refractivity contribution is 6.23. The number of anilines is 2. The van der Waals surface area contributed by atoms with Crippen LogP contribution in [0.1, 0.15) is 88.0 Å². The normalized spacial score (nSPS) is 22.7. The molecule has 2 aromatic carbocycles. The van der Waals surface area contributed by atoms with Crippen molar-refractivity contribution in [2.45, 2.75) is 69.6 Å². The van der Waals surface area contributed by atoms with Gasteiger partial charge in [-0.05, 0) is 105 Å². The summed E-state index contributed by atoms with van der Waals surface area (Å²) in [5.74, 6) is 0.0928. The summed E-state index contributed by atoms with van der Waals surface area (Å²) < 4.78 is 6.36. The lowest BCUT2D eigenvalue weighted by molar-refractivity contribution is -0.136. The van der Waals surface area contributed by atoms with Crippen LogP contribution in [0.15, 0.2) is 67.0 Å². The van der Waals surface area contributed by atoms with Crippen LogP contribution in [0.4, 0.5) is 11.5 Å². The number of carbonyl (C=O) groups excluding carboxylic acids is 5. The molecule has 0 radical (unpaired) electrons. The number of carbonyl (C=O) groups is 5. The fourth-order valence-corrected chi connectivity index (χ4v) is 9.37. The summed E-state index contributed by atoms with van der Waals surface area (Å²) in [6, 6.07) is 17.8. The number of nitrogens with one attached hydrogen (secondary N) is 2. The molecule has 9 rings (SSSR count). The summed E-state index contributed by atoms with van der Waals surface area (Å²) in [6.45, 7) is 6.20. The third-order valence-corrected chi connectivity index (χ3v) is 12.8. The zero-order valence-electron chi connectivity index (χ0n) is 33.3. The van der Waals surface area contributed by atoms with Crippen molar-refractivity contribution in [1.82, 2.24) is 30.4 Å². The summed E-state index contributed by atoms with van der Waals surface area (Å²) in [5.41, 5.74) is 3.20. The number of nitriles is 1. The smallest absolute Gasteiger partial charge is 0.262 e. The van der Waals surface area contributed by atoms with Crippen molar-refractivity contribution in [1.29, 1.82) is 5.26 Å². The van der Waals surface area contributed by atoms with E-state index in [9.17, 15) is 29.2 Å². The van der Waals surface area contributed by atoms with E-state index in [1.54, 1.807) is 30.6 Å². The van der Waals surface area contributed by atoms with Gasteiger partial charge >= 0.3 is 0 Å². The summed E-state index contributed by atoms with van der Waals surface area (Å²) in [7, 11) is 0. The molecule has 308 valence electrons. The van der Waals surface area contributed by atoms with Crippen molar-refractivity contribution < 1.29 is 28.7 Å². The number of nitrogens with zero attached hydrogens (tertiary/aromatic N) is 7. The van der Waals surface area contributed by atoms with Crippen LogP contribution in [0.3, 0.4) is 0 Å². The van der Waals surface area contributed by atoms with Crippen LogP contribution >= 0.6 is 0 Å². The number of amides is 5. The minimum Gasteiger partial charge on any atom is -0.490 e. The van der Waals surface area contributed by atoms with Crippen LogP contribution in [0.25, 0.3) is 10.9 Å². The van der Waals surface area contributed by atoms with Crippen molar-refractivity contribution in [3.8, 4) is 11.8 Å². The number of fused-ring (bicyclic) bond motifs is 2. The van der Waals surface area contributed by atoms with Crippen molar-refractivity contribution in [3.63, 3.8) is 0 Å². The molecule has 0 spiro atoms. The summed E-state index contributed by atoms with van der Waals surface area (Å²) in [6.07, 6.45) is 8.98. The van der Waals surface area contributed by atoms with Crippen molar-refractivity contribution >= 4 is 51.9 Å². The molecule has 1 unspecified atom stereocenters. The molecule has 15 heteroatoms. The molecule has 4 aromatic rings. The number of piperidine rings is 2. The number of imide groups is 2. The molecule has 15 nitrogen and oxygen atoms in total. The fourth-order valence-electron chi connectivity index (χ4n) is 9.37. The van der Waals surface area contributed by atoms with E-state index >= 15 is 0 Å². The fraction of sp³-hybridized carbons (Fsp3) is 0.422. The average molecular weight is 810 g/mol. The molecule has 5 amide bonds. The average Bonchev–Trinajstić information content (AvgIpc) is 3.52. The zero-order chi connectivity index (χ0) is 41.3. The van der Waals surface area contributed by atoms with Gasteiger partial charge in [-0.3, -0.25) is 44.1 Å². The standard InChI is InChI=1S/C45H47N9O6/c46-25-29-3-12-38(35-2-1-17-47-41(29)35)60-33-8-5-31(6-9-33)49-42(56)30-4-13-39(48-26-30)53-18-15-28(16-19-53)27-51-20-22-52(23-21-51)32-7-10-34-36(24-32)45(59)54(44(34)58)37-11-14-40(55)50-43(37)57/h1-4,7,10,12-13,17,24,26,28,31,33,37H,5-6,8-9,11,14-16,18-23,27H2,(H,49,56)(H,50,55,57)/t31-,33-,37?. The van der Waals surface area contributed by atoms with E-state index in [0.29, 0.717) is 33.7 Å². The Morgan fingerprint density at radius 2 is 1.62 bits per heavy atom. The van der Waals surface area contributed by atoms with Gasteiger partial charge in [0.15, 0.2) is 0 Å². The summed E-state index contributed by atoms with van der Waals surface area (Å²) in [5, 5.41) is 15.7. The minimum atomic E-state index is -0.975. The molecule has 5 aliphatic rings. The molecular formula is C45H47N9O6. The largest absolute Gasteiger partial charge is 0.490 e. The Hall–Kier alpha value is -6.40. The predicted octanol–water partition coefficient (Wildman–Crippen LogP) is 4.06. The van der Waals surface area contributed by atoms with Crippen LogP contribution in [0.5, 0.6) is 5.75 Å². The van der Waals surface area contributed by atoms with Gasteiger partial charge in [-0.1, -0.05) is 0 Å². The van der Waals surface area contributed by atoms with Crippen LogP contribution in [-0.2, 0) is 9.59 Å². The van der Waals surface area contributed by atoms with E-state index in [1.165, 1.54) is 0 Å². The molecule has 1 aliphatic carbocycles. The number of aromatic nitrogens is 2. The quantitative estimate of drug-likeness (QED) is 0.232. The van der Waals surface area contributed by atoms with Gasteiger partial charge in [-0.2, -0.15) is 5.26 Å². The first-order chi connectivity index (χ1) is 29.2. The van der Waals surface area contributed by atoms with Crippen LogP contribution in [0.2, 0.25) is 0 Å². The number of pyridine rings is 2. The molecule has 2 aromatic heterocycles. The van der Waals surface area contributed by atoms with E-state index < -0.39 is 29.7 Å². The third-order valence-electron chi connectivity index (χ3n) is 12.8. The Balaban J connectivity index is 0.701. The van der Waals surface area contributed by atoms with E-state index in [-0.39, 0.29) is 30.9 Å². The van der Waals surface area contributed by atoms with E-state index in [4.69, 9.17) is 4.74 Å². The number of rotatable bonds is 9. The maximum Gasteiger partial charge on any atom is 0.262 e. The van der Waals surface area contributed by atoms with Gasteiger partial charge in [0.25, 0.3) is 17.7 Å². The lowest BCUT2D eigenvalue weighted by Gasteiger charge is -2.40. The second-order valence-corrected chi connectivity index (χ2v) is 16.5. The van der Waals surface area contributed by atoms with E-state index in [1.807, 2.05) is 36.4 Å². The first kappa shape index (κ1) is 39.1. The van der Waals surface area contributed by atoms with Gasteiger partial charge < -0.3 is 19.9 Å². The molecular weight excluding hydrogens is 763 g/mol. The van der Waals surface area contributed by atoms with Gasteiger partial charge in [0, 0.05) is 81.7 Å². The van der Waals surface area contributed by atoms with Crippen molar-refractivity contribution in [3.05, 3.63) is 89.2 Å². The highest BCUT2D eigenvalue weighted by Gasteiger charge is 2.45. The van der Waals surface area contributed by atoms with Crippen LogP contribution in [0, 0.1) is 17.2 Å². The van der Waals surface area contributed by atoms with Gasteiger partial charge in [0.05, 0.1) is 33.9 Å². The molecule has 60 heavy (non-hydrogen) atoms. The number of ether oxygens (including phenoxy) is 1. The third kappa shape index (κ3) is 7.87. The maximum absolute atomic E-state index is 13.3. The Morgan fingerprint density at radius 3 is 2.35 bits per heavy atom. The summed E-state index contributed by atoms with van der Waals surface area (Å²) >= 11 is 0. The highest BCUT2D eigenvalue weighted by atomic mass is 16.5.